The summed E-state index contributed by atoms with van der Waals surface area (Å²) in [6, 6.07) is 0. The van der Waals surface area contributed by atoms with Gasteiger partial charge < -0.3 is 10.6 Å². The van der Waals surface area contributed by atoms with E-state index < -0.39 is 0 Å². The molecule has 0 aromatic heterocycles. The van der Waals surface area contributed by atoms with Gasteiger partial charge in [-0.3, -0.25) is 4.79 Å². The van der Waals surface area contributed by atoms with Crippen LogP contribution in [-0.2, 0) is 4.79 Å². The maximum Gasteiger partial charge on any atom is 0.224 e. The van der Waals surface area contributed by atoms with Gasteiger partial charge in [-0.2, -0.15) is 0 Å². The molecule has 1 fully saturated rings. The van der Waals surface area contributed by atoms with Crippen molar-refractivity contribution in [2.45, 2.75) is 40.0 Å². The largest absolute Gasteiger partial charge is 0.356 e. The van der Waals surface area contributed by atoms with Gasteiger partial charge in [0, 0.05) is 13.1 Å². The lowest BCUT2D eigenvalue weighted by atomic mass is 9.97. The number of hydrogen-bond acceptors (Lipinski definition) is 2. The Balaban J connectivity index is 2.06. The summed E-state index contributed by atoms with van der Waals surface area (Å²) in [5.41, 5.74) is 0. The summed E-state index contributed by atoms with van der Waals surface area (Å²) < 4.78 is 0. The summed E-state index contributed by atoms with van der Waals surface area (Å²) in [6.45, 7) is 9.29. The SMILES string of the molecule is CC(C)CCCCNC(=O)[C@@H]1CNC[C@H]1C. The van der Waals surface area contributed by atoms with E-state index in [1.165, 1.54) is 12.8 Å². The molecule has 2 atom stereocenters. The van der Waals surface area contributed by atoms with Crippen molar-refractivity contribution in [3.05, 3.63) is 0 Å². The molecule has 1 saturated heterocycles. The molecule has 0 unspecified atom stereocenters. The van der Waals surface area contributed by atoms with Crippen LogP contribution in [0.2, 0.25) is 0 Å². The van der Waals surface area contributed by atoms with Crippen molar-refractivity contribution in [2.75, 3.05) is 19.6 Å². The summed E-state index contributed by atoms with van der Waals surface area (Å²) in [4.78, 5) is 11.8. The second-order valence-electron chi connectivity index (χ2n) is 5.42. The molecule has 0 spiro atoms. The smallest absolute Gasteiger partial charge is 0.224 e. The molecule has 1 heterocycles. The average Bonchev–Trinajstić information content (AvgIpc) is 2.63. The predicted molar refractivity (Wildman–Crippen MR) is 67.2 cm³/mol. The van der Waals surface area contributed by atoms with Crippen LogP contribution < -0.4 is 10.6 Å². The standard InChI is InChI=1S/C13H26N2O/c1-10(2)6-4-5-7-15-13(16)12-9-14-8-11(12)3/h10-12,14H,4-9H2,1-3H3,(H,15,16)/t11-,12-/m1/s1. The molecule has 0 radical (unpaired) electrons. The Labute approximate surface area is 99.4 Å². The van der Waals surface area contributed by atoms with E-state index in [1.54, 1.807) is 0 Å². The molecule has 1 aliphatic heterocycles. The summed E-state index contributed by atoms with van der Waals surface area (Å²) in [5, 5.41) is 6.31. The molecule has 1 amide bonds. The van der Waals surface area contributed by atoms with Crippen LogP contribution >= 0.6 is 0 Å². The van der Waals surface area contributed by atoms with E-state index in [-0.39, 0.29) is 11.8 Å². The first-order chi connectivity index (χ1) is 7.61. The third kappa shape index (κ3) is 4.52. The Bertz CT molecular complexity index is 216. The molecule has 1 rings (SSSR count). The maximum atomic E-state index is 11.8. The van der Waals surface area contributed by atoms with Crippen LogP contribution in [0.15, 0.2) is 0 Å². The van der Waals surface area contributed by atoms with E-state index in [9.17, 15) is 4.79 Å². The zero-order chi connectivity index (χ0) is 12.0. The van der Waals surface area contributed by atoms with Gasteiger partial charge in [-0.1, -0.05) is 33.6 Å². The number of nitrogens with one attached hydrogen (secondary N) is 2. The monoisotopic (exact) mass is 226 g/mol. The zero-order valence-corrected chi connectivity index (χ0v) is 10.9. The van der Waals surface area contributed by atoms with Crippen LogP contribution in [-0.4, -0.2) is 25.5 Å². The van der Waals surface area contributed by atoms with Gasteiger partial charge in [-0.15, -0.1) is 0 Å². The predicted octanol–water partition coefficient (Wildman–Crippen LogP) is 1.78. The van der Waals surface area contributed by atoms with Gasteiger partial charge in [0.05, 0.1) is 5.92 Å². The number of hydrogen-bond donors (Lipinski definition) is 2. The first-order valence-electron chi connectivity index (χ1n) is 6.59. The van der Waals surface area contributed by atoms with Gasteiger partial charge >= 0.3 is 0 Å². The molecule has 0 aromatic rings. The quantitative estimate of drug-likeness (QED) is 0.678. The van der Waals surface area contributed by atoms with Crippen LogP contribution in [0.1, 0.15) is 40.0 Å². The Hall–Kier alpha value is -0.570. The van der Waals surface area contributed by atoms with Crippen molar-refractivity contribution in [2.24, 2.45) is 17.8 Å². The van der Waals surface area contributed by atoms with E-state index in [4.69, 9.17) is 0 Å². The number of amides is 1. The van der Waals surface area contributed by atoms with Crippen molar-refractivity contribution in [1.82, 2.24) is 10.6 Å². The summed E-state index contributed by atoms with van der Waals surface area (Å²) in [5.74, 6) is 1.68. The first-order valence-corrected chi connectivity index (χ1v) is 6.59. The molecule has 2 N–H and O–H groups in total. The molecule has 0 saturated carbocycles. The zero-order valence-electron chi connectivity index (χ0n) is 10.9. The summed E-state index contributed by atoms with van der Waals surface area (Å²) in [7, 11) is 0. The van der Waals surface area contributed by atoms with E-state index in [0.717, 1.165) is 32.0 Å². The van der Waals surface area contributed by atoms with E-state index in [0.29, 0.717) is 5.92 Å². The lowest BCUT2D eigenvalue weighted by Crippen LogP contribution is -2.34. The minimum Gasteiger partial charge on any atom is -0.356 e. The summed E-state index contributed by atoms with van der Waals surface area (Å²) in [6.07, 6.45) is 3.59. The fourth-order valence-corrected chi connectivity index (χ4v) is 2.18. The van der Waals surface area contributed by atoms with Gasteiger partial charge in [0.25, 0.3) is 0 Å². The second kappa shape index (κ2) is 6.89. The van der Waals surface area contributed by atoms with Crippen molar-refractivity contribution in [3.63, 3.8) is 0 Å². The molecule has 3 heteroatoms. The highest BCUT2D eigenvalue weighted by Crippen LogP contribution is 2.15. The number of carbonyl (C=O) groups is 1. The fraction of sp³-hybridized carbons (Fsp3) is 0.923. The van der Waals surface area contributed by atoms with Gasteiger partial charge in [0.2, 0.25) is 5.91 Å². The van der Waals surface area contributed by atoms with Gasteiger partial charge in [0.1, 0.15) is 0 Å². The number of carbonyl (C=O) groups excluding carboxylic acids is 1. The number of rotatable bonds is 6. The third-order valence-electron chi connectivity index (χ3n) is 3.36. The van der Waals surface area contributed by atoms with E-state index in [2.05, 4.69) is 31.4 Å². The number of unbranched alkanes of at least 4 members (excludes halogenated alkanes) is 1. The fourth-order valence-electron chi connectivity index (χ4n) is 2.18. The van der Waals surface area contributed by atoms with Crippen molar-refractivity contribution in [3.8, 4) is 0 Å². The van der Waals surface area contributed by atoms with E-state index >= 15 is 0 Å². The average molecular weight is 226 g/mol. The van der Waals surface area contributed by atoms with Crippen LogP contribution in [0.25, 0.3) is 0 Å². The normalized spacial score (nSPS) is 25.0. The topological polar surface area (TPSA) is 41.1 Å². The highest BCUT2D eigenvalue weighted by Gasteiger charge is 2.28. The van der Waals surface area contributed by atoms with Crippen molar-refractivity contribution < 1.29 is 4.79 Å². The Kier molecular flexibility index (Phi) is 5.81. The third-order valence-corrected chi connectivity index (χ3v) is 3.36. The Morgan fingerprint density at radius 3 is 2.69 bits per heavy atom. The molecule has 1 aliphatic rings. The Morgan fingerprint density at radius 1 is 1.38 bits per heavy atom. The lowest BCUT2D eigenvalue weighted by molar-refractivity contribution is -0.125. The first kappa shape index (κ1) is 13.5. The molecule has 94 valence electrons. The molecule has 3 nitrogen and oxygen atoms in total. The van der Waals surface area contributed by atoms with Gasteiger partial charge in [0.15, 0.2) is 0 Å². The van der Waals surface area contributed by atoms with Crippen molar-refractivity contribution >= 4 is 5.91 Å². The van der Waals surface area contributed by atoms with Crippen molar-refractivity contribution in [1.29, 1.82) is 0 Å². The van der Waals surface area contributed by atoms with Crippen LogP contribution in [0.3, 0.4) is 0 Å². The highest BCUT2D eigenvalue weighted by molar-refractivity contribution is 5.79. The summed E-state index contributed by atoms with van der Waals surface area (Å²) >= 11 is 0. The molecule has 0 aromatic carbocycles. The molecular formula is C13H26N2O. The van der Waals surface area contributed by atoms with Crippen LogP contribution in [0.5, 0.6) is 0 Å². The maximum absolute atomic E-state index is 11.8. The van der Waals surface area contributed by atoms with Gasteiger partial charge in [-0.05, 0) is 24.8 Å². The second-order valence-corrected chi connectivity index (χ2v) is 5.42. The van der Waals surface area contributed by atoms with Gasteiger partial charge in [-0.25, -0.2) is 0 Å². The molecule has 0 aliphatic carbocycles. The molecular weight excluding hydrogens is 200 g/mol. The minimum atomic E-state index is 0.185. The molecule has 0 bridgehead atoms. The Morgan fingerprint density at radius 2 is 2.12 bits per heavy atom. The van der Waals surface area contributed by atoms with E-state index in [1.807, 2.05) is 0 Å². The van der Waals surface area contributed by atoms with Crippen LogP contribution in [0.4, 0.5) is 0 Å². The highest BCUT2D eigenvalue weighted by atomic mass is 16.1. The van der Waals surface area contributed by atoms with Crippen LogP contribution in [0, 0.1) is 17.8 Å². The molecule has 16 heavy (non-hydrogen) atoms. The lowest BCUT2D eigenvalue weighted by Gasteiger charge is -2.14. The minimum absolute atomic E-state index is 0.185.